The van der Waals surface area contributed by atoms with Gasteiger partial charge in [-0.1, -0.05) is 6.07 Å². The van der Waals surface area contributed by atoms with Crippen LogP contribution in [0.4, 0.5) is 4.39 Å². The molecule has 0 saturated carbocycles. The maximum Gasteiger partial charge on any atom is 0.132 e. The zero-order chi connectivity index (χ0) is 11.9. The first-order valence-corrected chi connectivity index (χ1v) is 5.57. The normalized spacial score (nSPS) is 13.6. The summed E-state index contributed by atoms with van der Waals surface area (Å²) >= 11 is 0. The SMILES string of the molecule is CC(N)c1cn(C(C)C)c2cccc(F)c12. The number of nitrogens with two attached hydrogens (primary N) is 1. The molecule has 16 heavy (non-hydrogen) atoms. The third-order valence-corrected chi connectivity index (χ3v) is 2.88. The van der Waals surface area contributed by atoms with Crippen LogP contribution in [0.2, 0.25) is 0 Å². The molecule has 1 unspecified atom stereocenters. The molecule has 2 rings (SSSR count). The van der Waals surface area contributed by atoms with Crippen LogP contribution in [0.3, 0.4) is 0 Å². The molecule has 1 aromatic carbocycles. The van der Waals surface area contributed by atoms with Gasteiger partial charge in [-0.25, -0.2) is 4.39 Å². The van der Waals surface area contributed by atoms with Crippen LogP contribution >= 0.6 is 0 Å². The second-order valence-corrected chi connectivity index (χ2v) is 4.51. The molecule has 0 radical (unpaired) electrons. The summed E-state index contributed by atoms with van der Waals surface area (Å²) in [6.45, 7) is 6.04. The van der Waals surface area contributed by atoms with E-state index in [2.05, 4.69) is 18.4 Å². The molecule has 0 fully saturated rings. The monoisotopic (exact) mass is 220 g/mol. The third kappa shape index (κ3) is 1.61. The highest BCUT2D eigenvalue weighted by Gasteiger charge is 2.15. The fourth-order valence-corrected chi connectivity index (χ4v) is 2.07. The van der Waals surface area contributed by atoms with E-state index in [0.29, 0.717) is 11.4 Å². The number of nitrogens with zero attached hydrogens (tertiary/aromatic N) is 1. The molecule has 0 spiro atoms. The van der Waals surface area contributed by atoms with Crippen molar-refractivity contribution in [2.24, 2.45) is 5.73 Å². The minimum absolute atomic E-state index is 0.153. The highest BCUT2D eigenvalue weighted by atomic mass is 19.1. The molecule has 0 saturated heterocycles. The van der Waals surface area contributed by atoms with E-state index in [1.165, 1.54) is 6.07 Å². The Kier molecular flexibility index (Phi) is 2.72. The van der Waals surface area contributed by atoms with Crippen molar-refractivity contribution < 1.29 is 4.39 Å². The standard InChI is InChI=1S/C13H17FN2/c1-8(2)16-7-10(9(3)15)13-11(14)5-4-6-12(13)16/h4-9H,15H2,1-3H3. The Bertz CT molecular complexity index is 512. The zero-order valence-corrected chi connectivity index (χ0v) is 9.87. The van der Waals surface area contributed by atoms with Gasteiger partial charge >= 0.3 is 0 Å². The van der Waals surface area contributed by atoms with Crippen molar-refractivity contribution in [2.45, 2.75) is 32.9 Å². The van der Waals surface area contributed by atoms with E-state index < -0.39 is 0 Å². The Balaban J connectivity index is 2.82. The Morgan fingerprint density at radius 3 is 2.50 bits per heavy atom. The molecule has 86 valence electrons. The molecule has 3 heteroatoms. The molecular formula is C13H17FN2. The molecule has 0 aliphatic carbocycles. The van der Waals surface area contributed by atoms with Gasteiger partial charge in [0.15, 0.2) is 0 Å². The van der Waals surface area contributed by atoms with Crippen molar-refractivity contribution in [3.63, 3.8) is 0 Å². The van der Waals surface area contributed by atoms with Crippen LogP contribution in [0, 0.1) is 5.82 Å². The summed E-state index contributed by atoms with van der Waals surface area (Å²) in [6.07, 6.45) is 1.96. The van der Waals surface area contributed by atoms with E-state index in [9.17, 15) is 4.39 Å². The van der Waals surface area contributed by atoms with Crippen LogP contribution in [0.5, 0.6) is 0 Å². The van der Waals surface area contributed by atoms with Gasteiger partial charge in [0.2, 0.25) is 0 Å². The van der Waals surface area contributed by atoms with Crippen LogP contribution in [0.1, 0.15) is 38.4 Å². The number of halogens is 1. The highest BCUT2D eigenvalue weighted by Crippen LogP contribution is 2.29. The summed E-state index contributed by atoms with van der Waals surface area (Å²) < 4.78 is 15.9. The Hall–Kier alpha value is -1.35. The van der Waals surface area contributed by atoms with Crippen LogP contribution in [-0.4, -0.2) is 4.57 Å². The average Bonchev–Trinajstić information content (AvgIpc) is 2.58. The summed E-state index contributed by atoms with van der Waals surface area (Å²) in [5, 5.41) is 0.659. The number of fused-ring (bicyclic) bond motifs is 1. The number of aromatic nitrogens is 1. The van der Waals surface area contributed by atoms with E-state index in [-0.39, 0.29) is 11.9 Å². The predicted octanol–water partition coefficient (Wildman–Crippen LogP) is 3.38. The van der Waals surface area contributed by atoms with Crippen LogP contribution in [0.15, 0.2) is 24.4 Å². The third-order valence-electron chi connectivity index (χ3n) is 2.88. The summed E-state index contributed by atoms with van der Waals surface area (Å²) in [7, 11) is 0. The smallest absolute Gasteiger partial charge is 0.132 e. The van der Waals surface area contributed by atoms with Crippen molar-refractivity contribution in [1.82, 2.24) is 4.57 Å². The van der Waals surface area contributed by atoms with Gasteiger partial charge in [-0.15, -0.1) is 0 Å². The van der Waals surface area contributed by atoms with Gasteiger partial charge in [-0.3, -0.25) is 0 Å². The summed E-state index contributed by atoms with van der Waals surface area (Å²) in [6, 6.07) is 5.31. The first kappa shape index (κ1) is 11.1. The van der Waals surface area contributed by atoms with Gasteiger partial charge < -0.3 is 10.3 Å². The molecule has 0 amide bonds. The number of hydrogen-bond acceptors (Lipinski definition) is 1. The molecule has 2 nitrogen and oxygen atoms in total. The van der Waals surface area contributed by atoms with Crippen molar-refractivity contribution >= 4 is 10.9 Å². The first-order valence-electron chi connectivity index (χ1n) is 5.57. The largest absolute Gasteiger partial charge is 0.345 e. The molecule has 1 heterocycles. The van der Waals surface area contributed by atoms with Crippen LogP contribution in [-0.2, 0) is 0 Å². The topological polar surface area (TPSA) is 30.9 Å². The van der Waals surface area contributed by atoms with Gasteiger partial charge in [0, 0.05) is 23.7 Å². The lowest BCUT2D eigenvalue weighted by Gasteiger charge is -2.08. The van der Waals surface area contributed by atoms with Gasteiger partial charge in [0.1, 0.15) is 5.82 Å². The van der Waals surface area contributed by atoms with Gasteiger partial charge in [-0.2, -0.15) is 0 Å². The quantitative estimate of drug-likeness (QED) is 0.826. The molecule has 2 aromatic rings. The van der Waals surface area contributed by atoms with Crippen LogP contribution in [0.25, 0.3) is 10.9 Å². The van der Waals surface area contributed by atoms with Crippen molar-refractivity contribution in [3.8, 4) is 0 Å². The van der Waals surface area contributed by atoms with Gasteiger partial charge in [0.05, 0.1) is 5.52 Å². The molecule has 2 N–H and O–H groups in total. The van der Waals surface area contributed by atoms with E-state index >= 15 is 0 Å². The minimum atomic E-state index is -0.191. The predicted molar refractivity (Wildman–Crippen MR) is 64.9 cm³/mol. The molecule has 1 aromatic heterocycles. The summed E-state index contributed by atoms with van der Waals surface area (Å²) in [4.78, 5) is 0. The fraction of sp³-hybridized carbons (Fsp3) is 0.385. The van der Waals surface area contributed by atoms with E-state index in [0.717, 1.165) is 11.1 Å². The van der Waals surface area contributed by atoms with Crippen LogP contribution < -0.4 is 5.73 Å². The van der Waals surface area contributed by atoms with E-state index in [4.69, 9.17) is 5.73 Å². The number of benzene rings is 1. The Labute approximate surface area is 94.9 Å². The maximum atomic E-state index is 13.8. The van der Waals surface area contributed by atoms with Gasteiger partial charge in [0.25, 0.3) is 0 Å². The highest BCUT2D eigenvalue weighted by molar-refractivity contribution is 5.85. The average molecular weight is 220 g/mol. The number of hydrogen-bond donors (Lipinski definition) is 1. The zero-order valence-electron chi connectivity index (χ0n) is 9.87. The molecule has 0 aliphatic rings. The van der Waals surface area contributed by atoms with Crippen molar-refractivity contribution in [2.75, 3.05) is 0 Å². The fourth-order valence-electron chi connectivity index (χ4n) is 2.07. The Morgan fingerprint density at radius 1 is 1.25 bits per heavy atom. The van der Waals surface area contributed by atoms with Crippen molar-refractivity contribution in [3.05, 3.63) is 35.8 Å². The van der Waals surface area contributed by atoms with E-state index in [1.807, 2.05) is 19.2 Å². The minimum Gasteiger partial charge on any atom is -0.345 e. The maximum absolute atomic E-state index is 13.8. The lowest BCUT2D eigenvalue weighted by Crippen LogP contribution is -2.04. The van der Waals surface area contributed by atoms with Gasteiger partial charge in [-0.05, 0) is 38.5 Å². The summed E-state index contributed by atoms with van der Waals surface area (Å²) in [5.74, 6) is -0.191. The second-order valence-electron chi connectivity index (χ2n) is 4.51. The van der Waals surface area contributed by atoms with E-state index in [1.54, 1.807) is 6.07 Å². The Morgan fingerprint density at radius 2 is 1.94 bits per heavy atom. The summed E-state index contributed by atoms with van der Waals surface area (Å²) in [5.41, 5.74) is 7.68. The lowest BCUT2D eigenvalue weighted by molar-refractivity contribution is 0.617. The lowest BCUT2D eigenvalue weighted by atomic mass is 10.1. The number of rotatable bonds is 2. The molecule has 1 atom stereocenters. The molecular weight excluding hydrogens is 203 g/mol. The molecule has 0 aliphatic heterocycles. The van der Waals surface area contributed by atoms with Crippen molar-refractivity contribution in [1.29, 1.82) is 0 Å². The molecule has 0 bridgehead atoms. The second kappa shape index (κ2) is 3.91. The first-order chi connectivity index (χ1) is 7.52.